The van der Waals surface area contributed by atoms with Crippen molar-refractivity contribution in [3.63, 3.8) is 0 Å². The van der Waals surface area contributed by atoms with Crippen LogP contribution in [-0.2, 0) is 4.74 Å². The van der Waals surface area contributed by atoms with Gasteiger partial charge in [0.05, 0.1) is 25.3 Å². The van der Waals surface area contributed by atoms with Crippen molar-refractivity contribution in [3.8, 4) is 0 Å². The number of aliphatic imine (C=N–C) groups is 1. The van der Waals surface area contributed by atoms with E-state index in [-0.39, 0.29) is 5.54 Å². The summed E-state index contributed by atoms with van der Waals surface area (Å²) in [4.78, 5) is 7.33. The van der Waals surface area contributed by atoms with Gasteiger partial charge in [0, 0.05) is 24.9 Å². The van der Waals surface area contributed by atoms with Gasteiger partial charge in [-0.15, -0.1) is 0 Å². The third-order valence-electron chi connectivity index (χ3n) is 5.27. The van der Waals surface area contributed by atoms with E-state index < -0.39 is 0 Å². The molecule has 0 spiro atoms. The second-order valence-electron chi connectivity index (χ2n) is 6.81. The van der Waals surface area contributed by atoms with Crippen molar-refractivity contribution in [3.05, 3.63) is 0 Å². The highest BCUT2D eigenvalue weighted by atomic mass is 32.2. The molecule has 1 aliphatic carbocycles. The van der Waals surface area contributed by atoms with Crippen LogP contribution in [-0.4, -0.2) is 66.8 Å². The van der Waals surface area contributed by atoms with E-state index in [2.05, 4.69) is 10.2 Å². The number of ether oxygens (including phenoxy) is 1. The first-order chi connectivity index (χ1) is 10.8. The lowest BCUT2D eigenvalue weighted by atomic mass is 9.95. The van der Waals surface area contributed by atoms with Crippen LogP contribution in [0.3, 0.4) is 0 Å². The Labute approximate surface area is 138 Å². The van der Waals surface area contributed by atoms with E-state index >= 15 is 0 Å². The molecule has 1 unspecified atom stereocenters. The standard InChI is InChI=1S/C16H30N4OS/c17-15(19-14-4-2-1-3-5-14)18-12-16(6-11-22-13-16)20-7-9-21-10-8-20/h14H,1-13H2,(H3,17,18,19). The zero-order valence-corrected chi connectivity index (χ0v) is 14.4. The summed E-state index contributed by atoms with van der Waals surface area (Å²) in [7, 11) is 0. The predicted molar refractivity (Wildman–Crippen MR) is 93.6 cm³/mol. The highest BCUT2D eigenvalue weighted by Gasteiger charge is 2.40. The van der Waals surface area contributed by atoms with E-state index in [4.69, 9.17) is 15.5 Å². The first-order valence-electron chi connectivity index (χ1n) is 8.76. The van der Waals surface area contributed by atoms with Crippen LogP contribution in [0.15, 0.2) is 4.99 Å². The second kappa shape index (κ2) is 7.88. The van der Waals surface area contributed by atoms with Gasteiger partial charge in [-0.05, 0) is 25.0 Å². The van der Waals surface area contributed by atoms with E-state index in [0.29, 0.717) is 12.0 Å². The second-order valence-corrected chi connectivity index (χ2v) is 7.91. The summed E-state index contributed by atoms with van der Waals surface area (Å²) in [5.74, 6) is 3.06. The van der Waals surface area contributed by atoms with Crippen molar-refractivity contribution in [2.45, 2.75) is 50.1 Å². The molecule has 2 saturated heterocycles. The first kappa shape index (κ1) is 16.4. The highest BCUT2D eigenvalue weighted by molar-refractivity contribution is 7.99. The van der Waals surface area contributed by atoms with E-state index in [0.717, 1.165) is 32.8 Å². The van der Waals surface area contributed by atoms with Crippen molar-refractivity contribution in [2.24, 2.45) is 10.7 Å². The maximum atomic E-state index is 6.16. The van der Waals surface area contributed by atoms with Gasteiger partial charge in [0.1, 0.15) is 0 Å². The molecule has 3 N–H and O–H groups in total. The molecule has 2 aliphatic heterocycles. The van der Waals surface area contributed by atoms with Gasteiger partial charge in [-0.3, -0.25) is 9.89 Å². The van der Waals surface area contributed by atoms with Crippen molar-refractivity contribution in [1.82, 2.24) is 10.2 Å². The lowest BCUT2D eigenvalue weighted by Gasteiger charge is -2.42. The average molecular weight is 327 g/mol. The van der Waals surface area contributed by atoms with E-state index in [1.165, 1.54) is 50.0 Å². The van der Waals surface area contributed by atoms with Gasteiger partial charge >= 0.3 is 0 Å². The molecule has 0 aromatic heterocycles. The van der Waals surface area contributed by atoms with Gasteiger partial charge in [-0.25, -0.2) is 0 Å². The molecular weight excluding hydrogens is 296 g/mol. The highest BCUT2D eigenvalue weighted by Crippen LogP contribution is 2.34. The third-order valence-corrected chi connectivity index (χ3v) is 6.50. The SMILES string of the molecule is NC(=NCC1(N2CCOCC2)CCSC1)NC1CCCCC1. The van der Waals surface area contributed by atoms with Crippen LogP contribution in [0, 0.1) is 0 Å². The molecule has 6 heteroatoms. The molecule has 3 fully saturated rings. The Morgan fingerprint density at radius 1 is 1.27 bits per heavy atom. The number of nitrogens with one attached hydrogen (secondary N) is 1. The lowest BCUT2D eigenvalue weighted by molar-refractivity contribution is -0.0104. The van der Waals surface area contributed by atoms with Gasteiger partial charge < -0.3 is 15.8 Å². The normalized spacial score (nSPS) is 32.3. The van der Waals surface area contributed by atoms with Crippen LogP contribution in [0.4, 0.5) is 0 Å². The molecule has 0 amide bonds. The first-order valence-corrected chi connectivity index (χ1v) is 9.91. The molecule has 0 aromatic rings. The van der Waals surface area contributed by atoms with Crippen molar-refractivity contribution >= 4 is 17.7 Å². The maximum Gasteiger partial charge on any atom is 0.188 e. The van der Waals surface area contributed by atoms with Crippen LogP contribution < -0.4 is 11.1 Å². The Morgan fingerprint density at radius 2 is 2.05 bits per heavy atom. The topological polar surface area (TPSA) is 62.9 Å². The largest absolute Gasteiger partial charge is 0.379 e. The molecule has 5 nitrogen and oxygen atoms in total. The molecule has 2 heterocycles. The quantitative estimate of drug-likeness (QED) is 0.604. The Bertz CT molecular complexity index is 372. The number of guanidine groups is 1. The summed E-state index contributed by atoms with van der Waals surface area (Å²) in [5.41, 5.74) is 6.36. The fourth-order valence-electron chi connectivity index (χ4n) is 3.84. The number of thioether (sulfide) groups is 1. The van der Waals surface area contributed by atoms with Gasteiger partial charge in [0.15, 0.2) is 5.96 Å². The zero-order valence-electron chi connectivity index (χ0n) is 13.6. The number of morpholine rings is 1. The van der Waals surface area contributed by atoms with Crippen LogP contribution in [0.2, 0.25) is 0 Å². The molecule has 0 aromatic carbocycles. The minimum atomic E-state index is 0.202. The fraction of sp³-hybridized carbons (Fsp3) is 0.938. The summed E-state index contributed by atoms with van der Waals surface area (Å²) in [5, 5.41) is 3.44. The molecule has 22 heavy (non-hydrogen) atoms. The van der Waals surface area contributed by atoms with E-state index in [9.17, 15) is 0 Å². The molecule has 126 valence electrons. The monoisotopic (exact) mass is 326 g/mol. The Kier molecular flexibility index (Phi) is 5.88. The smallest absolute Gasteiger partial charge is 0.188 e. The molecule has 0 radical (unpaired) electrons. The van der Waals surface area contributed by atoms with Crippen LogP contribution in [0.1, 0.15) is 38.5 Å². The Balaban J connectivity index is 1.57. The van der Waals surface area contributed by atoms with Crippen LogP contribution in [0.5, 0.6) is 0 Å². The summed E-state index contributed by atoms with van der Waals surface area (Å²) in [6.07, 6.45) is 7.70. The minimum absolute atomic E-state index is 0.202. The lowest BCUT2D eigenvalue weighted by Crippen LogP contribution is -2.56. The van der Waals surface area contributed by atoms with Crippen molar-refractivity contribution in [1.29, 1.82) is 0 Å². The van der Waals surface area contributed by atoms with Crippen LogP contribution in [0.25, 0.3) is 0 Å². The van der Waals surface area contributed by atoms with Gasteiger partial charge in [-0.2, -0.15) is 11.8 Å². The number of nitrogens with two attached hydrogens (primary N) is 1. The molecule has 1 atom stereocenters. The molecule has 3 aliphatic rings. The van der Waals surface area contributed by atoms with Crippen LogP contribution >= 0.6 is 11.8 Å². The van der Waals surface area contributed by atoms with Gasteiger partial charge in [0.2, 0.25) is 0 Å². The average Bonchev–Trinajstić information content (AvgIpc) is 3.05. The predicted octanol–water partition coefficient (Wildman–Crippen LogP) is 1.43. The Hall–Kier alpha value is -0.460. The fourth-order valence-corrected chi connectivity index (χ4v) is 5.31. The summed E-state index contributed by atoms with van der Waals surface area (Å²) in [6.45, 7) is 4.60. The Morgan fingerprint density at radius 3 is 2.73 bits per heavy atom. The number of rotatable bonds is 4. The third kappa shape index (κ3) is 4.09. The van der Waals surface area contributed by atoms with Gasteiger partial charge in [0.25, 0.3) is 0 Å². The maximum absolute atomic E-state index is 6.16. The minimum Gasteiger partial charge on any atom is -0.379 e. The summed E-state index contributed by atoms with van der Waals surface area (Å²) in [6, 6.07) is 0.537. The summed E-state index contributed by atoms with van der Waals surface area (Å²) < 4.78 is 5.51. The van der Waals surface area contributed by atoms with E-state index in [1.807, 2.05) is 11.8 Å². The number of hydrogen-bond donors (Lipinski definition) is 2. The summed E-state index contributed by atoms with van der Waals surface area (Å²) >= 11 is 2.05. The number of hydrogen-bond acceptors (Lipinski definition) is 4. The molecule has 0 bridgehead atoms. The van der Waals surface area contributed by atoms with Crippen molar-refractivity contribution in [2.75, 3.05) is 44.4 Å². The van der Waals surface area contributed by atoms with Gasteiger partial charge in [-0.1, -0.05) is 19.3 Å². The molecule has 3 rings (SSSR count). The van der Waals surface area contributed by atoms with Crippen molar-refractivity contribution < 1.29 is 4.74 Å². The van der Waals surface area contributed by atoms with E-state index in [1.54, 1.807) is 0 Å². The number of nitrogens with zero attached hydrogens (tertiary/aromatic N) is 2. The molecular formula is C16H30N4OS. The molecule has 1 saturated carbocycles. The zero-order chi connectivity index (χ0) is 15.3.